The minimum Gasteiger partial charge on any atom is -0.490 e. The highest BCUT2D eigenvalue weighted by atomic mass is 32.1. The lowest BCUT2D eigenvalue weighted by Gasteiger charge is -2.36. The zero-order valence-corrected chi connectivity index (χ0v) is 24.1. The minimum absolute atomic E-state index is 0.0266. The molecule has 0 atom stereocenters. The van der Waals surface area contributed by atoms with Gasteiger partial charge in [-0.3, -0.25) is 19.4 Å². The number of carbonyl (C=O) groups is 2. The second-order valence-electron chi connectivity index (χ2n) is 9.50. The van der Waals surface area contributed by atoms with Crippen LogP contribution in [0, 0.1) is 0 Å². The Balaban J connectivity index is 1.60. The molecule has 4 aromatic rings. The number of benzene rings is 4. The molecule has 0 saturated carbocycles. The molecule has 2 amide bonds. The molecule has 0 aromatic heterocycles. The molecule has 6 nitrogen and oxygen atoms in total. The van der Waals surface area contributed by atoms with E-state index in [2.05, 4.69) is 6.58 Å². The van der Waals surface area contributed by atoms with Gasteiger partial charge in [0.05, 0.1) is 18.0 Å². The maximum atomic E-state index is 13.9. The summed E-state index contributed by atoms with van der Waals surface area (Å²) in [6.07, 6.45) is 3.87. The number of hydrogen-bond acceptors (Lipinski definition) is 5. The van der Waals surface area contributed by atoms with Gasteiger partial charge in [-0.2, -0.15) is 0 Å². The first-order chi connectivity index (χ1) is 20.5. The lowest BCUT2D eigenvalue weighted by Crippen LogP contribution is -2.56. The maximum Gasteiger partial charge on any atom is 0.270 e. The van der Waals surface area contributed by atoms with Crippen LogP contribution in [-0.4, -0.2) is 23.5 Å². The van der Waals surface area contributed by atoms with Crippen LogP contribution in [-0.2, 0) is 22.6 Å². The second-order valence-corrected chi connectivity index (χ2v) is 9.87. The molecule has 0 spiro atoms. The molecular formula is C35H30N2O4S. The van der Waals surface area contributed by atoms with Crippen molar-refractivity contribution in [3.05, 3.63) is 138 Å². The van der Waals surface area contributed by atoms with E-state index >= 15 is 0 Å². The number of amides is 2. The maximum absolute atomic E-state index is 13.9. The van der Waals surface area contributed by atoms with Crippen molar-refractivity contribution >= 4 is 46.6 Å². The van der Waals surface area contributed by atoms with Crippen LogP contribution in [0.15, 0.2) is 121 Å². The molecule has 1 fully saturated rings. The van der Waals surface area contributed by atoms with Crippen molar-refractivity contribution in [1.82, 2.24) is 0 Å². The van der Waals surface area contributed by atoms with Crippen LogP contribution in [0.25, 0.3) is 6.08 Å². The molecule has 0 bridgehead atoms. The van der Waals surface area contributed by atoms with E-state index in [-0.39, 0.29) is 10.7 Å². The normalized spacial score (nSPS) is 13.3. The smallest absolute Gasteiger partial charge is 0.270 e. The molecule has 7 heteroatoms. The third-order valence-electron chi connectivity index (χ3n) is 6.63. The van der Waals surface area contributed by atoms with Crippen LogP contribution < -0.4 is 19.3 Å². The van der Waals surface area contributed by atoms with Crippen molar-refractivity contribution in [2.24, 2.45) is 0 Å². The molecule has 210 valence electrons. The SMILES string of the molecule is C=CCc1cc(C=C2C(=O)N(c3ccccc3)C(=S)N(c3ccccc3)C2=O)cc(OCC)c1OCc1ccccc1. The van der Waals surface area contributed by atoms with Crippen molar-refractivity contribution in [2.45, 2.75) is 20.0 Å². The van der Waals surface area contributed by atoms with E-state index in [1.807, 2.05) is 79.7 Å². The van der Waals surface area contributed by atoms with Gasteiger partial charge in [0.1, 0.15) is 12.2 Å². The Morgan fingerprint density at radius 2 is 1.33 bits per heavy atom. The average Bonchev–Trinajstić information content (AvgIpc) is 3.01. The molecule has 5 rings (SSSR count). The fourth-order valence-electron chi connectivity index (χ4n) is 4.74. The first kappa shape index (κ1) is 28.5. The predicted octanol–water partition coefficient (Wildman–Crippen LogP) is 7.14. The Hall–Kier alpha value is -5.01. The fourth-order valence-corrected chi connectivity index (χ4v) is 5.11. The highest BCUT2D eigenvalue weighted by Crippen LogP contribution is 2.36. The Kier molecular flexibility index (Phi) is 8.90. The fraction of sp³-hybridized carbons (Fsp3) is 0.114. The lowest BCUT2D eigenvalue weighted by atomic mass is 10.0. The molecule has 1 heterocycles. The summed E-state index contributed by atoms with van der Waals surface area (Å²) in [4.78, 5) is 30.6. The molecule has 0 unspecified atom stereocenters. The Bertz CT molecular complexity index is 1570. The molecule has 42 heavy (non-hydrogen) atoms. The number of hydrogen-bond donors (Lipinski definition) is 0. The summed E-state index contributed by atoms with van der Waals surface area (Å²) in [6, 6.07) is 31.7. The van der Waals surface area contributed by atoms with Crippen LogP contribution in [0.3, 0.4) is 0 Å². The summed E-state index contributed by atoms with van der Waals surface area (Å²) >= 11 is 5.72. The van der Waals surface area contributed by atoms with Crippen LogP contribution >= 0.6 is 12.2 Å². The van der Waals surface area contributed by atoms with Gasteiger partial charge in [-0.1, -0.05) is 72.8 Å². The highest BCUT2D eigenvalue weighted by Gasteiger charge is 2.41. The summed E-state index contributed by atoms with van der Waals surface area (Å²) in [5, 5.41) is 0.0894. The van der Waals surface area contributed by atoms with Gasteiger partial charge in [0.25, 0.3) is 11.8 Å². The quantitative estimate of drug-likeness (QED) is 0.0872. The van der Waals surface area contributed by atoms with Crippen molar-refractivity contribution in [1.29, 1.82) is 0 Å². The lowest BCUT2D eigenvalue weighted by molar-refractivity contribution is -0.120. The molecule has 4 aromatic carbocycles. The third-order valence-corrected chi connectivity index (χ3v) is 7.00. The van der Waals surface area contributed by atoms with Crippen molar-refractivity contribution in [3.8, 4) is 11.5 Å². The second kappa shape index (κ2) is 13.1. The van der Waals surface area contributed by atoms with E-state index in [1.54, 1.807) is 42.5 Å². The number of thiocarbonyl (C=S) groups is 1. The van der Waals surface area contributed by atoms with Crippen molar-refractivity contribution in [3.63, 3.8) is 0 Å². The number of anilines is 2. The van der Waals surface area contributed by atoms with E-state index in [9.17, 15) is 9.59 Å². The largest absolute Gasteiger partial charge is 0.490 e. The van der Waals surface area contributed by atoms with Crippen LogP contribution in [0.5, 0.6) is 11.5 Å². The summed E-state index contributed by atoms with van der Waals surface area (Å²) in [5.74, 6) is 0.111. The van der Waals surface area contributed by atoms with Crippen LogP contribution in [0.4, 0.5) is 11.4 Å². The van der Waals surface area contributed by atoms with Gasteiger partial charge in [0.2, 0.25) is 0 Å². The molecule has 0 N–H and O–H groups in total. The Morgan fingerprint density at radius 3 is 1.86 bits per heavy atom. The zero-order chi connectivity index (χ0) is 29.5. The molecule has 0 aliphatic carbocycles. The predicted molar refractivity (Wildman–Crippen MR) is 171 cm³/mol. The monoisotopic (exact) mass is 574 g/mol. The summed E-state index contributed by atoms with van der Waals surface area (Å²) < 4.78 is 12.2. The van der Waals surface area contributed by atoms with E-state index in [4.69, 9.17) is 21.7 Å². The number of carbonyl (C=O) groups excluding carboxylic acids is 2. The number of para-hydroxylation sites is 2. The number of nitrogens with zero attached hydrogens (tertiary/aromatic N) is 2. The van der Waals surface area contributed by atoms with Crippen molar-refractivity contribution < 1.29 is 19.1 Å². The van der Waals surface area contributed by atoms with E-state index in [1.165, 1.54) is 9.80 Å². The van der Waals surface area contributed by atoms with E-state index < -0.39 is 11.8 Å². The van der Waals surface area contributed by atoms with Gasteiger partial charge < -0.3 is 9.47 Å². The highest BCUT2D eigenvalue weighted by molar-refractivity contribution is 7.81. The van der Waals surface area contributed by atoms with Gasteiger partial charge in [0.15, 0.2) is 16.6 Å². The summed E-state index contributed by atoms with van der Waals surface area (Å²) in [6.45, 7) is 6.57. The summed E-state index contributed by atoms with van der Waals surface area (Å²) in [7, 11) is 0. The zero-order valence-electron chi connectivity index (χ0n) is 23.2. The first-order valence-corrected chi connectivity index (χ1v) is 14.0. The Morgan fingerprint density at radius 1 is 0.786 bits per heavy atom. The van der Waals surface area contributed by atoms with Crippen LogP contribution in [0.1, 0.15) is 23.6 Å². The van der Waals surface area contributed by atoms with E-state index in [0.29, 0.717) is 48.1 Å². The van der Waals surface area contributed by atoms with Gasteiger partial charge in [-0.15, -0.1) is 6.58 Å². The molecule has 1 saturated heterocycles. The van der Waals surface area contributed by atoms with Crippen LogP contribution in [0.2, 0.25) is 0 Å². The summed E-state index contributed by atoms with van der Waals surface area (Å²) in [5.41, 5.74) is 3.57. The van der Waals surface area contributed by atoms with Gasteiger partial charge in [-0.25, -0.2) is 0 Å². The number of allylic oxidation sites excluding steroid dienone is 1. The molecule has 0 radical (unpaired) electrons. The standard InChI is InChI=1S/C35H30N2O4S/c1-3-14-27-21-26(23-31(40-4-2)32(27)41-24-25-15-8-5-9-16-25)22-30-33(38)36(28-17-10-6-11-18-28)35(42)37(34(30)39)29-19-12-7-13-20-29/h3,5-13,15-23H,1,4,14,24H2,2H3. The number of rotatable bonds is 10. The van der Waals surface area contributed by atoms with Gasteiger partial charge >= 0.3 is 0 Å². The minimum atomic E-state index is -0.504. The van der Waals surface area contributed by atoms with Gasteiger partial charge in [-0.05, 0) is 79.2 Å². The number of ether oxygens (including phenoxy) is 2. The van der Waals surface area contributed by atoms with Crippen molar-refractivity contribution in [2.75, 3.05) is 16.4 Å². The average molecular weight is 575 g/mol. The molecule has 1 aliphatic rings. The van der Waals surface area contributed by atoms with Gasteiger partial charge in [0, 0.05) is 5.56 Å². The van der Waals surface area contributed by atoms with E-state index in [0.717, 1.165) is 11.1 Å². The topological polar surface area (TPSA) is 59.1 Å². The first-order valence-electron chi connectivity index (χ1n) is 13.6. The Labute approximate surface area is 251 Å². The molecular weight excluding hydrogens is 544 g/mol. The third kappa shape index (κ3) is 6.01. The molecule has 1 aliphatic heterocycles.